The van der Waals surface area contributed by atoms with Crippen LogP contribution in [0.3, 0.4) is 0 Å². The molecule has 0 aromatic carbocycles. The van der Waals surface area contributed by atoms with Crippen LogP contribution in [0.15, 0.2) is 12.3 Å². The van der Waals surface area contributed by atoms with Crippen LogP contribution in [0, 0.1) is 6.92 Å². The van der Waals surface area contributed by atoms with Gasteiger partial charge in [0.25, 0.3) is 0 Å². The summed E-state index contributed by atoms with van der Waals surface area (Å²) in [4.78, 5) is 15.3. The van der Waals surface area contributed by atoms with Gasteiger partial charge in [-0.2, -0.15) is 13.2 Å². The van der Waals surface area contributed by atoms with E-state index in [0.717, 1.165) is 12.3 Å². The van der Waals surface area contributed by atoms with E-state index in [1.54, 1.807) is 13.8 Å². The molecule has 1 aromatic rings. The molecule has 6 heteroatoms. The molecule has 0 amide bonds. The summed E-state index contributed by atoms with van der Waals surface area (Å²) in [7, 11) is 0. The van der Waals surface area contributed by atoms with E-state index >= 15 is 0 Å². The zero-order valence-corrected chi connectivity index (χ0v) is 9.63. The van der Waals surface area contributed by atoms with Crippen molar-refractivity contribution in [3.8, 4) is 0 Å². The smallest absolute Gasteiger partial charge is 0.417 e. The fourth-order valence-corrected chi connectivity index (χ4v) is 1.33. The molecule has 0 aliphatic carbocycles. The molecule has 1 heterocycles. The minimum atomic E-state index is -4.60. The molecule has 0 radical (unpaired) electrons. The number of carbonyl (C=O) groups is 1. The van der Waals surface area contributed by atoms with Crippen molar-refractivity contribution >= 4 is 5.97 Å². The number of pyridine rings is 1. The van der Waals surface area contributed by atoms with Gasteiger partial charge in [-0.05, 0) is 26.8 Å². The molecule has 0 saturated carbocycles. The van der Waals surface area contributed by atoms with E-state index in [1.165, 1.54) is 6.92 Å². The fraction of sp³-hybridized carbons (Fsp3) is 0.455. The first-order chi connectivity index (χ1) is 7.73. The average Bonchev–Trinajstić information content (AvgIpc) is 2.14. The van der Waals surface area contributed by atoms with Crippen LogP contribution in [0.4, 0.5) is 13.2 Å². The zero-order chi connectivity index (χ0) is 13.2. The molecule has 0 atom stereocenters. The van der Waals surface area contributed by atoms with Crippen LogP contribution in [0.1, 0.15) is 35.5 Å². The van der Waals surface area contributed by atoms with Gasteiger partial charge in [0.05, 0.1) is 22.9 Å². The predicted octanol–water partition coefficient (Wildman–Crippen LogP) is 2.97. The quantitative estimate of drug-likeness (QED) is 0.754. The molecule has 0 fully saturated rings. The normalized spacial score (nSPS) is 11.7. The lowest BCUT2D eigenvalue weighted by Gasteiger charge is -2.15. The maximum Gasteiger partial charge on any atom is 0.417 e. The highest BCUT2D eigenvalue weighted by molar-refractivity contribution is 5.92. The number of carbonyl (C=O) groups excluding carboxylic acids is 1. The molecule has 3 nitrogen and oxygen atoms in total. The number of alkyl halides is 3. The third-order valence-electron chi connectivity index (χ3n) is 1.99. The Labute approximate surface area is 96.6 Å². The van der Waals surface area contributed by atoms with Crippen molar-refractivity contribution in [3.63, 3.8) is 0 Å². The summed E-state index contributed by atoms with van der Waals surface area (Å²) in [5.41, 5.74) is -1.53. The van der Waals surface area contributed by atoms with Crippen LogP contribution in [-0.2, 0) is 10.9 Å². The van der Waals surface area contributed by atoms with Gasteiger partial charge in [0.15, 0.2) is 0 Å². The second-order valence-electron chi connectivity index (χ2n) is 3.77. The molecule has 0 spiro atoms. The monoisotopic (exact) mass is 247 g/mol. The lowest BCUT2D eigenvalue weighted by Crippen LogP contribution is -2.19. The van der Waals surface area contributed by atoms with Gasteiger partial charge in [0.2, 0.25) is 0 Å². The second kappa shape index (κ2) is 4.73. The van der Waals surface area contributed by atoms with Gasteiger partial charge in [0, 0.05) is 6.20 Å². The topological polar surface area (TPSA) is 39.2 Å². The SMILES string of the molecule is Cc1nccc(C(F)(F)F)c1C(=O)OC(C)C. The molecule has 1 aromatic heterocycles. The number of halogens is 3. The number of esters is 1. The number of aryl methyl sites for hydroxylation is 1. The van der Waals surface area contributed by atoms with Crippen molar-refractivity contribution in [2.24, 2.45) is 0 Å². The van der Waals surface area contributed by atoms with Crippen molar-refractivity contribution in [1.29, 1.82) is 0 Å². The Morgan fingerprint density at radius 2 is 2.00 bits per heavy atom. The summed E-state index contributed by atoms with van der Waals surface area (Å²) in [5, 5.41) is 0. The predicted molar refractivity (Wildman–Crippen MR) is 54.5 cm³/mol. The second-order valence-corrected chi connectivity index (χ2v) is 3.77. The zero-order valence-electron chi connectivity index (χ0n) is 9.63. The van der Waals surface area contributed by atoms with E-state index in [9.17, 15) is 18.0 Å². The molecular formula is C11H12F3NO2. The van der Waals surface area contributed by atoms with Gasteiger partial charge < -0.3 is 4.74 Å². The summed E-state index contributed by atoms with van der Waals surface area (Å²) in [5.74, 6) is -1.00. The highest BCUT2D eigenvalue weighted by atomic mass is 19.4. The Kier molecular flexibility index (Phi) is 3.75. The molecule has 0 aliphatic rings. The van der Waals surface area contributed by atoms with E-state index in [1.807, 2.05) is 0 Å². The maximum absolute atomic E-state index is 12.7. The highest BCUT2D eigenvalue weighted by Gasteiger charge is 2.37. The summed E-state index contributed by atoms with van der Waals surface area (Å²) < 4.78 is 42.8. The van der Waals surface area contributed by atoms with Crippen LogP contribution in [0.25, 0.3) is 0 Å². The Bertz CT molecular complexity index is 427. The standard InChI is InChI=1S/C11H12F3NO2/c1-6(2)17-10(16)9-7(3)15-5-4-8(9)11(12,13)14/h4-6H,1-3H3. The van der Waals surface area contributed by atoms with Crippen LogP contribution >= 0.6 is 0 Å². The van der Waals surface area contributed by atoms with Crippen LogP contribution in [0.5, 0.6) is 0 Å². The molecule has 0 saturated heterocycles. The number of nitrogens with zero attached hydrogens (tertiary/aromatic N) is 1. The van der Waals surface area contributed by atoms with Gasteiger partial charge >= 0.3 is 12.1 Å². The Hall–Kier alpha value is -1.59. The van der Waals surface area contributed by atoms with Crippen molar-refractivity contribution in [2.45, 2.75) is 33.1 Å². The molecule has 0 N–H and O–H groups in total. The van der Waals surface area contributed by atoms with Crippen LogP contribution < -0.4 is 0 Å². The van der Waals surface area contributed by atoms with Crippen LogP contribution in [0.2, 0.25) is 0 Å². The van der Waals surface area contributed by atoms with E-state index in [2.05, 4.69) is 4.98 Å². The van der Waals surface area contributed by atoms with E-state index in [-0.39, 0.29) is 5.69 Å². The summed E-state index contributed by atoms with van der Waals surface area (Å²) in [6.07, 6.45) is -4.06. The first-order valence-electron chi connectivity index (χ1n) is 4.97. The summed E-state index contributed by atoms with van der Waals surface area (Å²) in [6.45, 7) is 4.47. The number of hydrogen-bond donors (Lipinski definition) is 0. The lowest BCUT2D eigenvalue weighted by molar-refractivity contribution is -0.138. The van der Waals surface area contributed by atoms with Crippen molar-refractivity contribution < 1.29 is 22.7 Å². The summed E-state index contributed by atoms with van der Waals surface area (Å²) >= 11 is 0. The molecule has 0 unspecified atom stereocenters. The molecule has 94 valence electrons. The molecule has 0 bridgehead atoms. The largest absolute Gasteiger partial charge is 0.459 e. The number of rotatable bonds is 2. The number of aromatic nitrogens is 1. The summed E-state index contributed by atoms with van der Waals surface area (Å²) in [6, 6.07) is 0.768. The Morgan fingerprint density at radius 1 is 1.41 bits per heavy atom. The average molecular weight is 247 g/mol. The van der Waals surface area contributed by atoms with Gasteiger partial charge in [-0.3, -0.25) is 4.98 Å². The van der Waals surface area contributed by atoms with Gasteiger partial charge in [0.1, 0.15) is 0 Å². The van der Waals surface area contributed by atoms with Crippen molar-refractivity contribution in [1.82, 2.24) is 4.98 Å². The number of ether oxygens (including phenoxy) is 1. The van der Waals surface area contributed by atoms with E-state index < -0.39 is 29.4 Å². The first kappa shape index (κ1) is 13.5. The van der Waals surface area contributed by atoms with Crippen LogP contribution in [-0.4, -0.2) is 17.1 Å². The Morgan fingerprint density at radius 3 is 2.47 bits per heavy atom. The van der Waals surface area contributed by atoms with E-state index in [0.29, 0.717) is 0 Å². The van der Waals surface area contributed by atoms with Crippen molar-refractivity contribution in [2.75, 3.05) is 0 Å². The minimum Gasteiger partial charge on any atom is -0.459 e. The van der Waals surface area contributed by atoms with Gasteiger partial charge in [-0.25, -0.2) is 4.79 Å². The molecule has 0 aliphatic heterocycles. The third kappa shape index (κ3) is 3.18. The Balaban J connectivity index is 3.26. The molecule has 1 rings (SSSR count). The van der Waals surface area contributed by atoms with Gasteiger partial charge in [-0.15, -0.1) is 0 Å². The fourth-order valence-electron chi connectivity index (χ4n) is 1.33. The highest BCUT2D eigenvalue weighted by Crippen LogP contribution is 2.33. The maximum atomic E-state index is 12.7. The van der Waals surface area contributed by atoms with Gasteiger partial charge in [-0.1, -0.05) is 0 Å². The minimum absolute atomic E-state index is 0.00507. The first-order valence-corrected chi connectivity index (χ1v) is 4.97. The molecule has 17 heavy (non-hydrogen) atoms. The third-order valence-corrected chi connectivity index (χ3v) is 1.99. The number of hydrogen-bond acceptors (Lipinski definition) is 3. The lowest BCUT2D eigenvalue weighted by atomic mass is 10.1. The molecular weight excluding hydrogens is 235 g/mol. The van der Waals surface area contributed by atoms with Crippen molar-refractivity contribution in [3.05, 3.63) is 29.1 Å². The van der Waals surface area contributed by atoms with E-state index in [4.69, 9.17) is 4.74 Å².